The number of nitrogens with one attached hydrogen (secondary N) is 1. The van der Waals surface area contributed by atoms with E-state index in [0.717, 1.165) is 62.0 Å². The minimum Gasteiger partial charge on any atom is -0.465 e. The Balaban J connectivity index is 1.45. The van der Waals surface area contributed by atoms with Gasteiger partial charge in [0.05, 0.1) is 24.6 Å². The number of carbonyl (C=O) groups is 2. The summed E-state index contributed by atoms with van der Waals surface area (Å²) in [5.41, 5.74) is 1.97. The molecule has 0 spiro atoms. The van der Waals surface area contributed by atoms with Crippen LogP contribution in [-0.2, 0) is 35.5 Å². The van der Waals surface area contributed by atoms with Crippen LogP contribution in [0.1, 0.15) is 52.3 Å². The van der Waals surface area contributed by atoms with E-state index >= 15 is 0 Å². The first-order valence-corrected chi connectivity index (χ1v) is 12.6. The van der Waals surface area contributed by atoms with E-state index in [1.165, 1.54) is 12.0 Å². The molecule has 2 aromatic heterocycles. The topological polar surface area (TPSA) is 93.5 Å². The van der Waals surface area contributed by atoms with Crippen LogP contribution in [0.3, 0.4) is 0 Å². The van der Waals surface area contributed by atoms with Crippen LogP contribution in [0, 0.1) is 0 Å². The summed E-state index contributed by atoms with van der Waals surface area (Å²) in [5.74, 6) is -0.0931. The third kappa shape index (κ3) is 4.50. The first-order chi connectivity index (χ1) is 16.5. The lowest BCUT2D eigenvalue weighted by Crippen LogP contribution is -2.33. The number of methoxy groups -OCH3 is 1. The maximum absolute atomic E-state index is 13.7. The average Bonchev–Trinajstić information content (AvgIpc) is 3.49. The SMILES string of the molecule is COC(=O)c1ccc(NC(=O)Cn2c(CN3CCCC3)nc3sc4c(c3c2=O)CCCC4)cc1. The van der Waals surface area contributed by atoms with Crippen LogP contribution in [0.25, 0.3) is 10.2 Å². The van der Waals surface area contributed by atoms with E-state index in [1.54, 1.807) is 40.2 Å². The van der Waals surface area contributed by atoms with Crippen molar-refractivity contribution in [2.45, 2.75) is 51.6 Å². The summed E-state index contributed by atoms with van der Waals surface area (Å²) in [4.78, 5) is 47.6. The number of ether oxygens (including phenoxy) is 1. The highest BCUT2D eigenvalue weighted by atomic mass is 32.1. The lowest BCUT2D eigenvalue weighted by molar-refractivity contribution is -0.116. The van der Waals surface area contributed by atoms with Crippen molar-refractivity contribution in [3.8, 4) is 0 Å². The molecule has 34 heavy (non-hydrogen) atoms. The molecule has 8 nitrogen and oxygen atoms in total. The van der Waals surface area contributed by atoms with E-state index in [2.05, 4.69) is 10.2 Å². The van der Waals surface area contributed by atoms with E-state index in [9.17, 15) is 14.4 Å². The van der Waals surface area contributed by atoms with E-state index in [-0.39, 0.29) is 18.0 Å². The van der Waals surface area contributed by atoms with Gasteiger partial charge < -0.3 is 10.1 Å². The number of carbonyl (C=O) groups excluding carboxylic acids is 2. The number of amides is 1. The number of aryl methyl sites for hydroxylation is 2. The number of benzene rings is 1. The van der Waals surface area contributed by atoms with Crippen LogP contribution in [0.15, 0.2) is 29.1 Å². The van der Waals surface area contributed by atoms with Gasteiger partial charge in [0, 0.05) is 10.6 Å². The Morgan fingerprint density at radius 2 is 1.82 bits per heavy atom. The summed E-state index contributed by atoms with van der Waals surface area (Å²) >= 11 is 1.64. The number of hydrogen-bond donors (Lipinski definition) is 1. The molecular weight excluding hydrogens is 452 g/mol. The zero-order valence-electron chi connectivity index (χ0n) is 19.3. The van der Waals surface area contributed by atoms with Gasteiger partial charge in [0.1, 0.15) is 17.2 Å². The van der Waals surface area contributed by atoms with Crippen LogP contribution in [-0.4, -0.2) is 46.5 Å². The fourth-order valence-electron chi connectivity index (χ4n) is 4.86. The second-order valence-electron chi connectivity index (χ2n) is 8.91. The Morgan fingerprint density at radius 1 is 1.09 bits per heavy atom. The molecule has 0 radical (unpaired) electrons. The summed E-state index contributed by atoms with van der Waals surface area (Å²) in [6.45, 7) is 2.42. The molecule has 3 heterocycles. The zero-order valence-corrected chi connectivity index (χ0v) is 20.1. The monoisotopic (exact) mass is 480 g/mol. The second-order valence-corrected chi connectivity index (χ2v) is 9.99. The van der Waals surface area contributed by atoms with Crippen molar-refractivity contribution in [1.82, 2.24) is 14.5 Å². The van der Waals surface area contributed by atoms with E-state index in [1.807, 2.05) is 0 Å². The predicted molar refractivity (Wildman–Crippen MR) is 131 cm³/mol. The first kappa shape index (κ1) is 22.7. The minimum absolute atomic E-state index is 0.103. The van der Waals surface area contributed by atoms with Gasteiger partial charge in [-0.25, -0.2) is 9.78 Å². The van der Waals surface area contributed by atoms with Gasteiger partial charge in [-0.05, 0) is 81.4 Å². The third-order valence-corrected chi connectivity index (χ3v) is 7.79. The normalized spacial score (nSPS) is 15.9. The molecule has 5 rings (SSSR count). The molecule has 1 aliphatic heterocycles. The molecule has 0 saturated carbocycles. The number of fused-ring (bicyclic) bond motifs is 3. The molecule has 0 unspecified atom stereocenters. The molecule has 1 fully saturated rings. The Kier molecular flexibility index (Phi) is 6.47. The number of rotatable bonds is 6. The molecule has 1 amide bonds. The lowest BCUT2D eigenvalue weighted by Gasteiger charge is -2.18. The van der Waals surface area contributed by atoms with Gasteiger partial charge >= 0.3 is 5.97 Å². The van der Waals surface area contributed by atoms with Crippen molar-refractivity contribution in [2.24, 2.45) is 0 Å². The molecule has 1 N–H and O–H groups in total. The number of likely N-dealkylation sites (tertiary alicyclic amines) is 1. The summed E-state index contributed by atoms with van der Waals surface area (Å²) in [7, 11) is 1.32. The molecule has 0 bridgehead atoms. The molecule has 3 aromatic rings. The second kappa shape index (κ2) is 9.68. The number of hydrogen-bond acceptors (Lipinski definition) is 7. The quantitative estimate of drug-likeness (QED) is 0.544. The van der Waals surface area contributed by atoms with Crippen molar-refractivity contribution in [1.29, 1.82) is 0 Å². The molecule has 9 heteroatoms. The minimum atomic E-state index is -0.436. The van der Waals surface area contributed by atoms with E-state index < -0.39 is 5.97 Å². The largest absolute Gasteiger partial charge is 0.465 e. The summed E-state index contributed by atoms with van der Waals surface area (Å²) in [5, 5.41) is 3.53. The predicted octanol–water partition coefficient (Wildman–Crippen LogP) is 3.36. The standard InChI is InChI=1S/C25H28N4O4S/c1-33-25(32)16-8-10-17(11-9-16)26-21(30)15-29-20(14-28-12-4-5-13-28)27-23-22(24(29)31)18-6-2-3-7-19(18)34-23/h8-11H,2-7,12-15H2,1H3,(H,26,30). The maximum atomic E-state index is 13.7. The van der Waals surface area contributed by atoms with Gasteiger partial charge in [-0.2, -0.15) is 0 Å². The van der Waals surface area contributed by atoms with Gasteiger partial charge in [0.25, 0.3) is 5.56 Å². The van der Waals surface area contributed by atoms with Gasteiger partial charge in [0.2, 0.25) is 5.91 Å². The number of aromatic nitrogens is 2. The zero-order chi connectivity index (χ0) is 23.7. The van der Waals surface area contributed by atoms with Crippen LogP contribution in [0.5, 0.6) is 0 Å². The Morgan fingerprint density at radius 3 is 2.56 bits per heavy atom. The van der Waals surface area contributed by atoms with Crippen LogP contribution in [0.2, 0.25) is 0 Å². The number of nitrogens with zero attached hydrogens (tertiary/aromatic N) is 3. The van der Waals surface area contributed by atoms with Gasteiger partial charge in [-0.1, -0.05) is 0 Å². The van der Waals surface area contributed by atoms with E-state index in [4.69, 9.17) is 9.72 Å². The molecule has 1 aliphatic carbocycles. The molecular formula is C25H28N4O4S. The van der Waals surface area contributed by atoms with Crippen LogP contribution >= 0.6 is 11.3 Å². The highest BCUT2D eigenvalue weighted by Crippen LogP contribution is 2.34. The van der Waals surface area contributed by atoms with Crippen molar-refractivity contribution < 1.29 is 14.3 Å². The number of thiophene rings is 1. The fraction of sp³-hybridized carbons (Fsp3) is 0.440. The van der Waals surface area contributed by atoms with Crippen molar-refractivity contribution in [2.75, 3.05) is 25.5 Å². The maximum Gasteiger partial charge on any atom is 0.337 e. The Hall–Kier alpha value is -3.04. The summed E-state index contributed by atoms with van der Waals surface area (Å²) < 4.78 is 6.27. The smallest absolute Gasteiger partial charge is 0.337 e. The lowest BCUT2D eigenvalue weighted by atomic mass is 9.97. The van der Waals surface area contributed by atoms with Gasteiger partial charge in [0.15, 0.2) is 0 Å². The third-order valence-electron chi connectivity index (χ3n) is 6.61. The highest BCUT2D eigenvalue weighted by molar-refractivity contribution is 7.18. The number of esters is 1. The molecule has 1 saturated heterocycles. The van der Waals surface area contributed by atoms with Gasteiger partial charge in [-0.3, -0.25) is 19.1 Å². The average molecular weight is 481 g/mol. The fourth-order valence-corrected chi connectivity index (χ4v) is 6.13. The molecule has 178 valence electrons. The molecule has 0 atom stereocenters. The number of anilines is 1. The summed E-state index contributed by atoms with van der Waals surface area (Å²) in [6.07, 6.45) is 6.40. The highest BCUT2D eigenvalue weighted by Gasteiger charge is 2.24. The molecule has 2 aliphatic rings. The van der Waals surface area contributed by atoms with Crippen molar-refractivity contribution in [3.05, 3.63) is 56.4 Å². The van der Waals surface area contributed by atoms with Crippen molar-refractivity contribution in [3.63, 3.8) is 0 Å². The van der Waals surface area contributed by atoms with E-state index in [0.29, 0.717) is 29.0 Å². The van der Waals surface area contributed by atoms with Gasteiger partial charge in [-0.15, -0.1) is 11.3 Å². The first-order valence-electron chi connectivity index (χ1n) is 11.8. The molecule has 1 aromatic carbocycles. The Labute approximate surface area is 201 Å². The Bertz CT molecular complexity index is 1290. The summed E-state index contributed by atoms with van der Waals surface area (Å²) in [6, 6.07) is 6.49. The van der Waals surface area contributed by atoms with Crippen LogP contribution in [0.4, 0.5) is 5.69 Å². The van der Waals surface area contributed by atoms with Crippen LogP contribution < -0.4 is 10.9 Å². The van der Waals surface area contributed by atoms with Crippen molar-refractivity contribution >= 4 is 39.1 Å².